The molecule has 2 heterocycles. The minimum Gasteiger partial charge on any atom is -0.354 e. The van der Waals surface area contributed by atoms with Crippen molar-refractivity contribution in [2.45, 2.75) is 49.8 Å². The second-order valence-corrected chi connectivity index (χ2v) is 8.75. The first-order chi connectivity index (χ1) is 9.61. The van der Waals surface area contributed by atoms with Crippen molar-refractivity contribution in [3.05, 3.63) is 22.3 Å². The van der Waals surface area contributed by atoms with Crippen LogP contribution in [0.4, 0.5) is 5.82 Å². The molecule has 0 spiro atoms. The second-order valence-electron chi connectivity index (χ2n) is 5.95. The first-order valence-electron chi connectivity index (χ1n) is 7.40. The summed E-state index contributed by atoms with van der Waals surface area (Å²) in [6, 6.07) is 2.95. The molecule has 5 heteroatoms. The van der Waals surface area contributed by atoms with Crippen LogP contribution in [-0.4, -0.2) is 34.6 Å². The fourth-order valence-corrected chi connectivity index (χ4v) is 4.49. The van der Waals surface area contributed by atoms with Crippen LogP contribution < -0.4 is 10.2 Å². The molecule has 20 heavy (non-hydrogen) atoms. The molecule has 2 aliphatic rings. The Labute approximate surface area is 134 Å². The van der Waals surface area contributed by atoms with Crippen LogP contribution in [0.3, 0.4) is 0 Å². The quantitative estimate of drug-likeness (QED) is 0.895. The maximum Gasteiger partial charge on any atom is 0.133 e. The standard InChI is InChI=1S/C15H22BrN3S/c1-10-8-19(9-11(2)20-10)15-12(5-13(16)7-18-15)6-17-14-3-4-14/h5,7,10-11,14,17H,3-4,6,8-9H2,1-2H3. The normalized spacial score (nSPS) is 26.9. The van der Waals surface area contributed by atoms with Crippen LogP contribution >= 0.6 is 27.7 Å². The zero-order chi connectivity index (χ0) is 14.1. The van der Waals surface area contributed by atoms with Crippen molar-refractivity contribution >= 4 is 33.5 Å². The molecule has 0 aromatic carbocycles. The van der Waals surface area contributed by atoms with E-state index >= 15 is 0 Å². The molecule has 0 radical (unpaired) electrons. The summed E-state index contributed by atoms with van der Waals surface area (Å²) in [4.78, 5) is 7.16. The van der Waals surface area contributed by atoms with Gasteiger partial charge in [0.15, 0.2) is 0 Å². The molecule has 1 aromatic rings. The van der Waals surface area contributed by atoms with E-state index in [1.165, 1.54) is 24.2 Å². The summed E-state index contributed by atoms with van der Waals surface area (Å²) in [7, 11) is 0. The lowest BCUT2D eigenvalue weighted by Gasteiger charge is -2.36. The fraction of sp³-hybridized carbons (Fsp3) is 0.667. The smallest absolute Gasteiger partial charge is 0.133 e. The van der Waals surface area contributed by atoms with Gasteiger partial charge in [-0.1, -0.05) is 13.8 Å². The monoisotopic (exact) mass is 355 g/mol. The van der Waals surface area contributed by atoms with Crippen molar-refractivity contribution in [3.8, 4) is 0 Å². The van der Waals surface area contributed by atoms with Crippen LogP contribution in [0.25, 0.3) is 0 Å². The Bertz CT molecular complexity index is 468. The lowest BCUT2D eigenvalue weighted by atomic mass is 10.2. The summed E-state index contributed by atoms with van der Waals surface area (Å²) in [6.07, 6.45) is 4.57. The number of aromatic nitrogens is 1. The maximum absolute atomic E-state index is 4.70. The fourth-order valence-electron chi connectivity index (χ4n) is 2.78. The van der Waals surface area contributed by atoms with Crippen LogP contribution in [0.1, 0.15) is 32.3 Å². The predicted octanol–water partition coefficient (Wildman–Crippen LogP) is 3.43. The molecule has 1 aliphatic carbocycles. The molecule has 0 amide bonds. The topological polar surface area (TPSA) is 28.2 Å². The predicted molar refractivity (Wildman–Crippen MR) is 90.5 cm³/mol. The highest BCUT2D eigenvalue weighted by Gasteiger charge is 2.26. The van der Waals surface area contributed by atoms with Gasteiger partial charge in [0.1, 0.15) is 5.82 Å². The number of rotatable bonds is 4. The van der Waals surface area contributed by atoms with Gasteiger partial charge in [0, 0.05) is 52.4 Å². The summed E-state index contributed by atoms with van der Waals surface area (Å²) in [5.74, 6) is 1.17. The van der Waals surface area contributed by atoms with Crippen molar-refractivity contribution in [2.24, 2.45) is 0 Å². The summed E-state index contributed by atoms with van der Waals surface area (Å²) in [6.45, 7) is 7.75. The Morgan fingerprint density at radius 1 is 1.35 bits per heavy atom. The first kappa shape index (κ1) is 14.7. The third-order valence-electron chi connectivity index (χ3n) is 3.79. The number of thioether (sulfide) groups is 1. The number of hydrogen-bond donors (Lipinski definition) is 1. The highest BCUT2D eigenvalue weighted by molar-refractivity contribution is 9.10. The average Bonchev–Trinajstić information content (AvgIpc) is 3.19. The summed E-state index contributed by atoms with van der Waals surface area (Å²) < 4.78 is 1.07. The van der Waals surface area contributed by atoms with Crippen LogP contribution in [0.2, 0.25) is 0 Å². The van der Waals surface area contributed by atoms with Gasteiger partial charge in [-0.3, -0.25) is 0 Å². The molecule has 1 saturated heterocycles. The number of nitrogens with one attached hydrogen (secondary N) is 1. The molecule has 2 atom stereocenters. The molecule has 3 rings (SSSR count). The first-order valence-corrected chi connectivity index (χ1v) is 9.13. The van der Waals surface area contributed by atoms with E-state index in [4.69, 9.17) is 4.98 Å². The Balaban J connectivity index is 1.79. The largest absolute Gasteiger partial charge is 0.354 e. The van der Waals surface area contributed by atoms with E-state index in [0.29, 0.717) is 10.5 Å². The second kappa shape index (κ2) is 6.24. The zero-order valence-electron chi connectivity index (χ0n) is 12.1. The van der Waals surface area contributed by atoms with Gasteiger partial charge >= 0.3 is 0 Å². The minimum atomic E-state index is 0.674. The van der Waals surface area contributed by atoms with Gasteiger partial charge in [-0.2, -0.15) is 11.8 Å². The van der Waals surface area contributed by atoms with E-state index in [9.17, 15) is 0 Å². The number of pyridine rings is 1. The third kappa shape index (κ3) is 3.68. The van der Waals surface area contributed by atoms with E-state index in [1.54, 1.807) is 0 Å². The Hall–Kier alpha value is -0.260. The van der Waals surface area contributed by atoms with Crippen molar-refractivity contribution < 1.29 is 0 Å². The van der Waals surface area contributed by atoms with Gasteiger partial charge in [-0.05, 0) is 34.8 Å². The number of anilines is 1. The molecular formula is C15H22BrN3S. The molecule has 3 nitrogen and oxygen atoms in total. The van der Waals surface area contributed by atoms with E-state index in [-0.39, 0.29) is 0 Å². The van der Waals surface area contributed by atoms with Crippen molar-refractivity contribution in [1.82, 2.24) is 10.3 Å². The molecule has 1 aromatic heterocycles. The van der Waals surface area contributed by atoms with Crippen LogP contribution in [0.15, 0.2) is 16.7 Å². The minimum absolute atomic E-state index is 0.674. The molecular weight excluding hydrogens is 334 g/mol. The molecule has 2 fully saturated rings. The van der Waals surface area contributed by atoms with Crippen molar-refractivity contribution in [3.63, 3.8) is 0 Å². The number of halogens is 1. The van der Waals surface area contributed by atoms with E-state index in [0.717, 1.165) is 30.1 Å². The molecule has 110 valence electrons. The van der Waals surface area contributed by atoms with E-state index < -0.39 is 0 Å². The van der Waals surface area contributed by atoms with Crippen molar-refractivity contribution in [2.75, 3.05) is 18.0 Å². The lowest BCUT2D eigenvalue weighted by molar-refractivity contribution is 0.670. The van der Waals surface area contributed by atoms with E-state index in [1.807, 2.05) is 6.20 Å². The van der Waals surface area contributed by atoms with Crippen molar-refractivity contribution in [1.29, 1.82) is 0 Å². The lowest BCUT2D eigenvalue weighted by Crippen LogP contribution is -2.41. The van der Waals surface area contributed by atoms with Crippen LogP contribution in [0, 0.1) is 0 Å². The molecule has 1 aliphatic heterocycles. The van der Waals surface area contributed by atoms with Gasteiger partial charge in [-0.25, -0.2) is 4.98 Å². The Kier molecular flexibility index (Phi) is 4.58. The Morgan fingerprint density at radius 2 is 2.05 bits per heavy atom. The molecule has 2 unspecified atom stereocenters. The zero-order valence-corrected chi connectivity index (χ0v) is 14.5. The van der Waals surface area contributed by atoms with Gasteiger partial charge in [0.2, 0.25) is 0 Å². The Morgan fingerprint density at radius 3 is 2.70 bits per heavy atom. The highest BCUT2D eigenvalue weighted by Crippen LogP contribution is 2.30. The van der Waals surface area contributed by atoms with Crippen LogP contribution in [-0.2, 0) is 6.54 Å². The third-order valence-corrected chi connectivity index (χ3v) is 5.45. The van der Waals surface area contributed by atoms with Gasteiger partial charge in [0.25, 0.3) is 0 Å². The number of nitrogens with zero attached hydrogens (tertiary/aromatic N) is 2. The van der Waals surface area contributed by atoms with Gasteiger partial charge < -0.3 is 10.2 Å². The molecule has 1 saturated carbocycles. The summed E-state index contributed by atoms with van der Waals surface area (Å²) in [5.41, 5.74) is 1.32. The highest BCUT2D eigenvalue weighted by atomic mass is 79.9. The molecule has 1 N–H and O–H groups in total. The summed E-state index contributed by atoms with van der Waals surface area (Å²) in [5, 5.41) is 4.96. The maximum atomic E-state index is 4.70. The van der Waals surface area contributed by atoms with Crippen LogP contribution in [0.5, 0.6) is 0 Å². The average molecular weight is 356 g/mol. The number of hydrogen-bond acceptors (Lipinski definition) is 4. The SMILES string of the molecule is CC1CN(c2ncc(Br)cc2CNC2CC2)CC(C)S1. The summed E-state index contributed by atoms with van der Waals surface area (Å²) >= 11 is 5.64. The van der Waals surface area contributed by atoms with E-state index in [2.05, 4.69) is 57.8 Å². The van der Waals surface area contributed by atoms with Gasteiger partial charge in [0.05, 0.1) is 0 Å². The van der Waals surface area contributed by atoms with Gasteiger partial charge in [-0.15, -0.1) is 0 Å². The molecule has 0 bridgehead atoms.